The van der Waals surface area contributed by atoms with Crippen LogP contribution in [0.3, 0.4) is 0 Å². The lowest BCUT2D eigenvalue weighted by Gasteiger charge is -2.17. The third-order valence-corrected chi connectivity index (χ3v) is 4.10. The Labute approximate surface area is 137 Å². The first kappa shape index (κ1) is 16.6. The zero-order valence-electron chi connectivity index (χ0n) is 11.9. The fourth-order valence-electron chi connectivity index (χ4n) is 1.79. The number of halogens is 1. The van der Waals surface area contributed by atoms with E-state index in [-0.39, 0.29) is 11.8 Å². The largest absolute Gasteiger partial charge is 0.451 e. The van der Waals surface area contributed by atoms with Crippen LogP contribution in [0.4, 0.5) is 10.5 Å². The Balaban J connectivity index is 1.81. The molecule has 0 aliphatic carbocycles. The molecule has 2 rings (SSSR count). The van der Waals surface area contributed by atoms with Crippen LogP contribution >= 0.6 is 23.4 Å². The van der Waals surface area contributed by atoms with Crippen molar-refractivity contribution >= 4 is 46.2 Å². The zero-order valence-corrected chi connectivity index (χ0v) is 13.4. The number of carbonyl (C=O) groups excluding carboxylic acids is 3. The van der Waals surface area contributed by atoms with Crippen LogP contribution in [0, 0.1) is 0 Å². The monoisotopic (exact) mass is 342 g/mol. The highest BCUT2D eigenvalue weighted by Gasteiger charge is 2.26. The van der Waals surface area contributed by atoms with Crippen LogP contribution in [0.5, 0.6) is 0 Å². The van der Waals surface area contributed by atoms with Crippen LogP contribution < -0.4 is 5.32 Å². The lowest BCUT2D eigenvalue weighted by atomic mass is 10.3. The average Bonchev–Trinajstić information content (AvgIpc) is 2.86. The zero-order chi connectivity index (χ0) is 16.1. The Bertz CT molecular complexity index is 579. The van der Waals surface area contributed by atoms with Crippen molar-refractivity contribution in [3.05, 3.63) is 29.3 Å². The van der Waals surface area contributed by atoms with Gasteiger partial charge in [0.1, 0.15) is 6.54 Å². The minimum Gasteiger partial charge on any atom is -0.451 e. The van der Waals surface area contributed by atoms with Crippen molar-refractivity contribution in [3.63, 3.8) is 0 Å². The van der Waals surface area contributed by atoms with Gasteiger partial charge in [-0.15, -0.1) is 0 Å². The maximum absolute atomic E-state index is 11.9. The van der Waals surface area contributed by atoms with E-state index in [0.717, 1.165) is 11.8 Å². The molecular weight excluding hydrogens is 328 g/mol. The molecule has 1 saturated heterocycles. The standard InChI is InChI=1S/C14H15ClN2O4S/c1-9(13(19)16-11-4-2-10(15)3-5-11)21-12(18)8-17-6-7-22-14(17)20/h2-5,9H,6-8H2,1H3,(H,16,19)/t9-/m0/s1. The van der Waals surface area contributed by atoms with E-state index < -0.39 is 18.0 Å². The molecule has 0 aromatic heterocycles. The van der Waals surface area contributed by atoms with Crippen molar-refractivity contribution in [1.29, 1.82) is 0 Å². The summed E-state index contributed by atoms with van der Waals surface area (Å²) in [7, 11) is 0. The Morgan fingerprint density at radius 3 is 2.68 bits per heavy atom. The van der Waals surface area contributed by atoms with Gasteiger partial charge in [0.15, 0.2) is 6.10 Å². The molecule has 1 aliphatic heterocycles. The van der Waals surface area contributed by atoms with Crippen LogP contribution in [0.1, 0.15) is 6.92 Å². The summed E-state index contributed by atoms with van der Waals surface area (Å²) in [5, 5.41) is 3.03. The number of anilines is 1. The second-order valence-corrected chi connectivity index (χ2v) is 6.15. The second-order valence-electron chi connectivity index (χ2n) is 4.66. The fraction of sp³-hybridized carbons (Fsp3) is 0.357. The quantitative estimate of drug-likeness (QED) is 0.831. The molecule has 0 spiro atoms. The van der Waals surface area contributed by atoms with E-state index in [1.165, 1.54) is 11.8 Å². The van der Waals surface area contributed by atoms with Crippen molar-refractivity contribution in [1.82, 2.24) is 4.90 Å². The average molecular weight is 343 g/mol. The smallest absolute Gasteiger partial charge is 0.326 e. The molecule has 0 bridgehead atoms. The lowest BCUT2D eigenvalue weighted by Crippen LogP contribution is -2.36. The number of hydrogen-bond donors (Lipinski definition) is 1. The van der Waals surface area contributed by atoms with Crippen molar-refractivity contribution in [3.8, 4) is 0 Å². The molecule has 1 fully saturated rings. The van der Waals surface area contributed by atoms with Crippen LogP contribution in [0.25, 0.3) is 0 Å². The Kier molecular flexibility index (Phi) is 5.68. The first-order valence-electron chi connectivity index (χ1n) is 6.63. The highest BCUT2D eigenvalue weighted by molar-refractivity contribution is 8.13. The maximum Gasteiger partial charge on any atom is 0.326 e. The van der Waals surface area contributed by atoms with Gasteiger partial charge in [0.2, 0.25) is 0 Å². The van der Waals surface area contributed by atoms with E-state index in [4.69, 9.17) is 16.3 Å². The van der Waals surface area contributed by atoms with E-state index >= 15 is 0 Å². The number of nitrogens with zero attached hydrogens (tertiary/aromatic N) is 1. The van der Waals surface area contributed by atoms with Gasteiger partial charge in [-0.3, -0.25) is 14.4 Å². The van der Waals surface area contributed by atoms with E-state index in [0.29, 0.717) is 23.0 Å². The van der Waals surface area contributed by atoms with Gasteiger partial charge < -0.3 is 15.0 Å². The molecular formula is C14H15ClN2O4S. The number of amides is 2. The van der Waals surface area contributed by atoms with Gasteiger partial charge >= 0.3 is 5.97 Å². The van der Waals surface area contributed by atoms with E-state index in [9.17, 15) is 14.4 Å². The summed E-state index contributed by atoms with van der Waals surface area (Å²) < 4.78 is 5.04. The molecule has 0 unspecified atom stereocenters. The van der Waals surface area contributed by atoms with Crippen LogP contribution in [0.15, 0.2) is 24.3 Å². The predicted molar refractivity (Wildman–Crippen MR) is 85.1 cm³/mol. The molecule has 2 amide bonds. The van der Waals surface area contributed by atoms with Crippen molar-refractivity contribution < 1.29 is 19.1 Å². The summed E-state index contributed by atoms with van der Waals surface area (Å²) in [6, 6.07) is 6.58. The van der Waals surface area contributed by atoms with Crippen molar-refractivity contribution in [2.24, 2.45) is 0 Å². The first-order chi connectivity index (χ1) is 10.5. The van der Waals surface area contributed by atoms with Gasteiger partial charge in [-0.25, -0.2) is 0 Å². The van der Waals surface area contributed by atoms with Crippen LogP contribution in [-0.4, -0.2) is 47.0 Å². The summed E-state index contributed by atoms with van der Waals surface area (Å²) in [6.07, 6.45) is -0.950. The van der Waals surface area contributed by atoms with Gasteiger partial charge in [-0.05, 0) is 31.2 Å². The summed E-state index contributed by atoms with van der Waals surface area (Å²) in [5.41, 5.74) is 0.559. The third-order valence-electron chi connectivity index (χ3n) is 2.95. The normalized spacial score (nSPS) is 15.5. The number of rotatable bonds is 5. The molecule has 8 heteroatoms. The summed E-state index contributed by atoms with van der Waals surface area (Å²) >= 11 is 6.92. The van der Waals surface area contributed by atoms with Gasteiger partial charge in [0.05, 0.1) is 0 Å². The SMILES string of the molecule is C[C@H](OC(=O)CN1CCSC1=O)C(=O)Nc1ccc(Cl)cc1. The van der Waals surface area contributed by atoms with Gasteiger partial charge in [0, 0.05) is 23.0 Å². The van der Waals surface area contributed by atoms with E-state index in [2.05, 4.69) is 5.32 Å². The molecule has 1 N–H and O–H groups in total. The Hall–Kier alpha value is -1.73. The number of thioether (sulfide) groups is 1. The summed E-state index contributed by atoms with van der Waals surface area (Å²) in [6.45, 7) is 1.86. The number of esters is 1. The second kappa shape index (κ2) is 7.51. The number of benzene rings is 1. The minimum atomic E-state index is -0.950. The third kappa shape index (κ3) is 4.64. The molecule has 1 atom stereocenters. The molecule has 1 aliphatic rings. The molecule has 0 radical (unpaired) electrons. The first-order valence-corrected chi connectivity index (χ1v) is 7.99. The lowest BCUT2D eigenvalue weighted by molar-refractivity contribution is -0.153. The number of ether oxygens (including phenoxy) is 1. The van der Waals surface area contributed by atoms with E-state index in [1.54, 1.807) is 24.3 Å². The molecule has 1 heterocycles. The molecule has 0 saturated carbocycles. The highest BCUT2D eigenvalue weighted by Crippen LogP contribution is 2.17. The topological polar surface area (TPSA) is 75.7 Å². The maximum atomic E-state index is 11.9. The van der Waals surface area contributed by atoms with Gasteiger partial charge in [-0.1, -0.05) is 23.4 Å². The highest BCUT2D eigenvalue weighted by atomic mass is 35.5. The Morgan fingerprint density at radius 1 is 1.41 bits per heavy atom. The van der Waals surface area contributed by atoms with E-state index in [1.807, 2.05) is 0 Å². The number of hydrogen-bond acceptors (Lipinski definition) is 5. The van der Waals surface area contributed by atoms with Crippen molar-refractivity contribution in [2.45, 2.75) is 13.0 Å². The molecule has 6 nitrogen and oxygen atoms in total. The Morgan fingerprint density at radius 2 is 2.09 bits per heavy atom. The van der Waals surface area contributed by atoms with Crippen LogP contribution in [0.2, 0.25) is 5.02 Å². The molecule has 1 aromatic carbocycles. The van der Waals surface area contributed by atoms with Crippen LogP contribution in [-0.2, 0) is 14.3 Å². The number of nitrogens with one attached hydrogen (secondary N) is 1. The summed E-state index contributed by atoms with van der Waals surface area (Å²) in [5.74, 6) is -0.383. The van der Waals surface area contributed by atoms with Gasteiger partial charge in [0.25, 0.3) is 11.1 Å². The molecule has 1 aromatic rings. The fourth-order valence-corrected chi connectivity index (χ4v) is 2.74. The van der Waals surface area contributed by atoms with Crippen molar-refractivity contribution in [2.75, 3.05) is 24.2 Å². The number of carbonyl (C=O) groups is 3. The summed E-state index contributed by atoms with van der Waals surface area (Å²) in [4.78, 5) is 36.5. The molecule has 22 heavy (non-hydrogen) atoms. The van der Waals surface area contributed by atoms with Gasteiger partial charge in [-0.2, -0.15) is 0 Å². The predicted octanol–water partition coefficient (Wildman–Crippen LogP) is 2.38. The minimum absolute atomic E-state index is 0.135. The molecule has 118 valence electrons.